The van der Waals surface area contributed by atoms with Crippen LogP contribution in [0.4, 0.5) is 5.69 Å². The lowest BCUT2D eigenvalue weighted by Gasteiger charge is -2.37. The van der Waals surface area contributed by atoms with Gasteiger partial charge in [-0.25, -0.2) is 0 Å². The van der Waals surface area contributed by atoms with Crippen molar-refractivity contribution in [1.29, 1.82) is 5.26 Å². The molecule has 1 aromatic heterocycles. The summed E-state index contributed by atoms with van der Waals surface area (Å²) < 4.78 is 0. The van der Waals surface area contributed by atoms with Crippen molar-refractivity contribution < 1.29 is 0 Å². The number of para-hydroxylation sites is 1. The normalized spacial score (nSPS) is 19.7. The Morgan fingerprint density at radius 1 is 1.10 bits per heavy atom. The number of hydrogen-bond acceptors (Lipinski definition) is 4. The van der Waals surface area contributed by atoms with Gasteiger partial charge in [-0.1, -0.05) is 18.2 Å². The van der Waals surface area contributed by atoms with Crippen molar-refractivity contribution in [2.45, 2.75) is 18.9 Å². The Bertz CT molecular complexity index is 706. The van der Waals surface area contributed by atoms with E-state index < -0.39 is 0 Å². The van der Waals surface area contributed by atoms with E-state index in [9.17, 15) is 5.26 Å². The van der Waals surface area contributed by atoms with Crippen LogP contribution >= 0.6 is 0 Å². The first-order valence-corrected chi connectivity index (χ1v) is 7.63. The summed E-state index contributed by atoms with van der Waals surface area (Å²) in [4.78, 5) is 9.35. The van der Waals surface area contributed by atoms with Crippen molar-refractivity contribution in [1.82, 2.24) is 9.88 Å². The van der Waals surface area contributed by atoms with Gasteiger partial charge in [-0.3, -0.25) is 9.88 Å². The van der Waals surface area contributed by atoms with E-state index in [0.29, 0.717) is 5.56 Å². The highest BCUT2D eigenvalue weighted by molar-refractivity contribution is 5.94. The number of fused-ring (bicyclic) bond motifs is 1. The van der Waals surface area contributed by atoms with Gasteiger partial charge >= 0.3 is 0 Å². The monoisotopic (exact) mass is 278 g/mol. The first kappa shape index (κ1) is 12.6. The molecule has 2 heterocycles. The van der Waals surface area contributed by atoms with E-state index in [4.69, 9.17) is 0 Å². The van der Waals surface area contributed by atoms with E-state index in [-0.39, 0.29) is 0 Å². The lowest BCUT2D eigenvalue weighted by molar-refractivity contribution is 0.248. The molecule has 21 heavy (non-hydrogen) atoms. The number of aromatic nitrogens is 1. The van der Waals surface area contributed by atoms with Crippen LogP contribution in [0.2, 0.25) is 0 Å². The highest BCUT2D eigenvalue weighted by Crippen LogP contribution is 2.32. The van der Waals surface area contributed by atoms with E-state index >= 15 is 0 Å². The van der Waals surface area contributed by atoms with Gasteiger partial charge in [0.25, 0.3) is 0 Å². The molecule has 2 aromatic rings. The van der Waals surface area contributed by atoms with Gasteiger partial charge in [0.15, 0.2) is 0 Å². The summed E-state index contributed by atoms with van der Waals surface area (Å²) >= 11 is 0. The van der Waals surface area contributed by atoms with Crippen LogP contribution in [0.3, 0.4) is 0 Å². The molecule has 2 aliphatic rings. The average molecular weight is 278 g/mol. The van der Waals surface area contributed by atoms with Gasteiger partial charge in [-0.05, 0) is 18.9 Å². The molecule has 0 amide bonds. The summed E-state index contributed by atoms with van der Waals surface area (Å²) in [6.45, 7) is 4.21. The Morgan fingerprint density at radius 3 is 2.57 bits per heavy atom. The SMILES string of the molecule is N#Cc1cnc2ccccc2c1N1CCN(C2CC2)CC1. The zero-order valence-corrected chi connectivity index (χ0v) is 12.0. The third kappa shape index (κ3) is 2.24. The predicted octanol–water partition coefficient (Wildman–Crippen LogP) is 2.39. The fourth-order valence-corrected chi connectivity index (χ4v) is 3.30. The number of pyridine rings is 1. The zero-order chi connectivity index (χ0) is 14.2. The number of benzene rings is 1. The highest BCUT2D eigenvalue weighted by Gasteiger charge is 2.31. The van der Waals surface area contributed by atoms with Crippen molar-refractivity contribution in [3.05, 3.63) is 36.0 Å². The van der Waals surface area contributed by atoms with Crippen LogP contribution in [0.1, 0.15) is 18.4 Å². The van der Waals surface area contributed by atoms with Gasteiger partial charge in [0, 0.05) is 43.8 Å². The minimum Gasteiger partial charge on any atom is -0.367 e. The summed E-state index contributed by atoms with van der Waals surface area (Å²) in [6.07, 6.45) is 4.44. The molecule has 1 aliphatic carbocycles. The highest BCUT2D eigenvalue weighted by atomic mass is 15.3. The van der Waals surface area contributed by atoms with Gasteiger partial charge in [0.05, 0.1) is 16.8 Å². The van der Waals surface area contributed by atoms with Gasteiger partial charge in [0.2, 0.25) is 0 Å². The topological polar surface area (TPSA) is 43.2 Å². The molecule has 4 heteroatoms. The maximum Gasteiger partial charge on any atom is 0.103 e. The number of piperazine rings is 1. The Balaban J connectivity index is 1.70. The second-order valence-corrected chi connectivity index (χ2v) is 5.90. The van der Waals surface area contributed by atoms with Gasteiger partial charge < -0.3 is 4.90 Å². The Kier molecular flexibility index (Phi) is 3.01. The van der Waals surface area contributed by atoms with Gasteiger partial charge in [0.1, 0.15) is 6.07 Å². The first-order chi connectivity index (χ1) is 10.4. The van der Waals surface area contributed by atoms with E-state index in [1.807, 2.05) is 18.2 Å². The number of nitrogens with zero attached hydrogens (tertiary/aromatic N) is 4. The van der Waals surface area contributed by atoms with Crippen LogP contribution in [-0.2, 0) is 0 Å². The molecule has 0 unspecified atom stereocenters. The summed E-state index contributed by atoms with van der Waals surface area (Å²) in [6, 6.07) is 11.3. The molecule has 0 atom stereocenters. The lowest BCUT2D eigenvalue weighted by Crippen LogP contribution is -2.47. The number of rotatable bonds is 2. The molecule has 4 rings (SSSR count). The molecule has 0 bridgehead atoms. The zero-order valence-electron chi connectivity index (χ0n) is 12.0. The number of anilines is 1. The van der Waals surface area contributed by atoms with Crippen molar-refractivity contribution >= 4 is 16.6 Å². The largest absolute Gasteiger partial charge is 0.367 e. The quantitative estimate of drug-likeness (QED) is 0.846. The van der Waals surface area contributed by atoms with E-state index in [1.165, 1.54) is 12.8 Å². The fourth-order valence-electron chi connectivity index (χ4n) is 3.30. The van der Waals surface area contributed by atoms with E-state index in [2.05, 4.69) is 26.9 Å². The molecule has 1 saturated heterocycles. The van der Waals surface area contributed by atoms with Gasteiger partial charge in [-0.15, -0.1) is 0 Å². The van der Waals surface area contributed by atoms with Crippen molar-refractivity contribution in [2.75, 3.05) is 31.1 Å². The van der Waals surface area contributed by atoms with Crippen LogP contribution in [0.15, 0.2) is 30.5 Å². The van der Waals surface area contributed by atoms with Crippen LogP contribution in [0.25, 0.3) is 10.9 Å². The standard InChI is InChI=1S/C17H18N4/c18-11-13-12-19-16-4-2-1-3-15(16)17(13)21-9-7-20(8-10-21)14-5-6-14/h1-4,12,14H,5-10H2. The molecule has 0 N–H and O–H groups in total. The minimum atomic E-state index is 0.688. The van der Waals surface area contributed by atoms with E-state index in [1.54, 1.807) is 6.20 Å². The molecule has 2 fully saturated rings. The summed E-state index contributed by atoms with van der Waals surface area (Å²) in [5.41, 5.74) is 2.73. The summed E-state index contributed by atoms with van der Waals surface area (Å²) in [5, 5.41) is 10.5. The fraction of sp³-hybridized carbons (Fsp3) is 0.412. The molecule has 1 saturated carbocycles. The Morgan fingerprint density at radius 2 is 1.86 bits per heavy atom. The lowest BCUT2D eigenvalue weighted by atomic mass is 10.1. The number of hydrogen-bond donors (Lipinski definition) is 0. The van der Waals surface area contributed by atoms with Crippen molar-refractivity contribution in [2.24, 2.45) is 0 Å². The molecule has 1 aromatic carbocycles. The molecular weight excluding hydrogens is 260 g/mol. The number of nitriles is 1. The maximum atomic E-state index is 9.43. The van der Waals surface area contributed by atoms with Crippen molar-refractivity contribution in [3.63, 3.8) is 0 Å². The third-order valence-electron chi connectivity index (χ3n) is 4.56. The maximum absolute atomic E-state index is 9.43. The first-order valence-electron chi connectivity index (χ1n) is 7.63. The van der Waals surface area contributed by atoms with E-state index in [0.717, 1.165) is 48.8 Å². The molecule has 0 radical (unpaired) electrons. The predicted molar refractivity (Wildman–Crippen MR) is 83.3 cm³/mol. The minimum absolute atomic E-state index is 0.688. The average Bonchev–Trinajstić information content (AvgIpc) is 3.39. The van der Waals surface area contributed by atoms with Crippen LogP contribution in [-0.4, -0.2) is 42.1 Å². The second kappa shape index (κ2) is 5.01. The smallest absolute Gasteiger partial charge is 0.103 e. The van der Waals surface area contributed by atoms with Gasteiger partial charge in [-0.2, -0.15) is 5.26 Å². The second-order valence-electron chi connectivity index (χ2n) is 5.90. The van der Waals surface area contributed by atoms with Crippen LogP contribution in [0.5, 0.6) is 0 Å². The molecule has 4 nitrogen and oxygen atoms in total. The molecular formula is C17H18N4. The summed E-state index contributed by atoms with van der Waals surface area (Å²) in [7, 11) is 0. The van der Waals surface area contributed by atoms with Crippen LogP contribution < -0.4 is 4.90 Å². The molecule has 0 spiro atoms. The van der Waals surface area contributed by atoms with Crippen molar-refractivity contribution in [3.8, 4) is 6.07 Å². The third-order valence-corrected chi connectivity index (χ3v) is 4.56. The summed E-state index contributed by atoms with van der Waals surface area (Å²) in [5.74, 6) is 0. The molecule has 106 valence electrons. The van der Waals surface area contributed by atoms with Crippen LogP contribution in [0, 0.1) is 11.3 Å². The Hall–Kier alpha value is -2.12. The molecule has 1 aliphatic heterocycles. The Labute approximate surface area is 124 Å².